The number of allylic oxidation sites excluding steroid dienone is 1. The van der Waals surface area contributed by atoms with Crippen LogP contribution in [0.3, 0.4) is 0 Å². The highest BCUT2D eigenvalue weighted by molar-refractivity contribution is 6.12. The Kier molecular flexibility index (Phi) is 5.52. The van der Waals surface area contributed by atoms with E-state index in [4.69, 9.17) is 19.7 Å². The average Bonchev–Trinajstić information content (AvgIpc) is 3.43. The molecule has 168 valence electrons. The molecule has 1 aromatic carbocycles. The zero-order valence-electron chi connectivity index (χ0n) is 18.9. The molecular formula is C24H25N7O2. The van der Waals surface area contributed by atoms with Crippen LogP contribution in [0, 0.1) is 41.9 Å². The quantitative estimate of drug-likeness (QED) is 0.423. The van der Waals surface area contributed by atoms with E-state index >= 15 is 0 Å². The minimum Gasteiger partial charge on any atom is -0.463 e. The van der Waals surface area contributed by atoms with E-state index in [9.17, 15) is 5.26 Å². The van der Waals surface area contributed by atoms with Crippen molar-refractivity contribution in [2.75, 3.05) is 20.2 Å². The summed E-state index contributed by atoms with van der Waals surface area (Å²) >= 11 is 0. The highest BCUT2D eigenvalue weighted by atomic mass is 16.5. The molecule has 2 aliphatic carbocycles. The van der Waals surface area contributed by atoms with Gasteiger partial charge in [0.1, 0.15) is 12.4 Å². The number of hydrogen-bond donors (Lipinski definition) is 1. The molecule has 9 heteroatoms. The van der Waals surface area contributed by atoms with Crippen LogP contribution < -0.4 is 10.5 Å². The second-order valence-electron chi connectivity index (χ2n) is 8.27. The maximum absolute atomic E-state index is 9.38. The van der Waals surface area contributed by atoms with Crippen LogP contribution in [0.2, 0.25) is 0 Å². The summed E-state index contributed by atoms with van der Waals surface area (Å²) in [4.78, 5) is 15.4. The predicted octanol–water partition coefficient (Wildman–Crippen LogP) is 2.82. The Balaban J connectivity index is 0.00000126. The number of fused-ring (bicyclic) bond motifs is 2. The van der Waals surface area contributed by atoms with Crippen LogP contribution in [0.25, 0.3) is 6.08 Å². The number of benzene rings is 1. The van der Waals surface area contributed by atoms with Crippen molar-refractivity contribution in [3.8, 4) is 17.9 Å². The van der Waals surface area contributed by atoms with Crippen molar-refractivity contribution >= 4 is 24.7 Å². The molecule has 2 aliphatic heterocycles. The molecule has 0 bridgehead atoms. The lowest BCUT2D eigenvalue weighted by Crippen LogP contribution is -2.24. The van der Waals surface area contributed by atoms with Crippen molar-refractivity contribution in [2.24, 2.45) is 26.1 Å². The topological polar surface area (TPSA) is 132 Å². The van der Waals surface area contributed by atoms with Crippen molar-refractivity contribution in [3.05, 3.63) is 46.5 Å². The van der Waals surface area contributed by atoms with Gasteiger partial charge in [-0.05, 0) is 75.4 Å². The molecule has 0 amide bonds. The Morgan fingerprint density at radius 2 is 2.00 bits per heavy atom. The summed E-state index contributed by atoms with van der Waals surface area (Å²) in [6.45, 7) is 8.73. The number of nitrogens with zero attached hydrogens (tertiary/aromatic N) is 6. The van der Waals surface area contributed by atoms with Gasteiger partial charge in [0.15, 0.2) is 11.5 Å². The molecule has 9 nitrogen and oxygen atoms in total. The molecule has 0 radical (unpaired) electrons. The summed E-state index contributed by atoms with van der Waals surface area (Å²) in [5.74, 6) is 1.45. The van der Waals surface area contributed by atoms with Crippen LogP contribution in [0.15, 0.2) is 44.8 Å². The normalized spacial score (nSPS) is 28.5. The van der Waals surface area contributed by atoms with E-state index in [2.05, 4.69) is 28.5 Å². The van der Waals surface area contributed by atoms with Gasteiger partial charge in [-0.1, -0.05) is 0 Å². The Labute approximate surface area is 192 Å². The van der Waals surface area contributed by atoms with Gasteiger partial charge < -0.3 is 15.2 Å². The van der Waals surface area contributed by atoms with Gasteiger partial charge in [-0.25, -0.2) is 4.99 Å². The fourth-order valence-corrected chi connectivity index (χ4v) is 4.31. The standard InChI is InChI=1S/C23H20N6O2.CH5N/c1-14-9-16(5-4-6-24)10-15(2)18(14)31-20(26-3)17-19(27-21-29(17)7-8-30-21)28-23-11-22(23,12-23)13-25;1-2/h4-5,9-10H,3,7-8,11-12H2,1-2H3;2H2,1H3/b5-4+,20-17-,28-19?;. The van der Waals surface area contributed by atoms with Crippen molar-refractivity contribution in [1.82, 2.24) is 4.90 Å². The molecule has 1 aromatic rings. The van der Waals surface area contributed by atoms with Crippen LogP contribution in [0.4, 0.5) is 0 Å². The maximum atomic E-state index is 9.38. The Bertz CT molecular complexity index is 1200. The van der Waals surface area contributed by atoms with E-state index in [0.717, 1.165) is 29.5 Å². The first-order valence-electron chi connectivity index (χ1n) is 10.6. The zero-order chi connectivity index (χ0) is 23.8. The lowest BCUT2D eigenvalue weighted by Gasteiger charge is -2.18. The van der Waals surface area contributed by atoms with Crippen molar-refractivity contribution in [2.45, 2.75) is 32.2 Å². The summed E-state index contributed by atoms with van der Waals surface area (Å²) in [6, 6.07) is 8.75. The number of nitriles is 2. The Morgan fingerprint density at radius 3 is 2.58 bits per heavy atom. The summed E-state index contributed by atoms with van der Waals surface area (Å²) in [5, 5.41) is 18.2. The monoisotopic (exact) mass is 443 g/mol. The minimum absolute atomic E-state index is 0.301. The Morgan fingerprint density at radius 1 is 1.30 bits per heavy atom. The van der Waals surface area contributed by atoms with E-state index in [1.807, 2.05) is 36.9 Å². The number of amidine groups is 2. The van der Waals surface area contributed by atoms with Crippen LogP contribution >= 0.6 is 0 Å². The van der Waals surface area contributed by atoms with Gasteiger partial charge in [0.05, 0.1) is 29.6 Å². The summed E-state index contributed by atoms with van der Waals surface area (Å²) in [5.41, 5.74) is 7.21. The second-order valence-corrected chi connectivity index (χ2v) is 8.27. The van der Waals surface area contributed by atoms with E-state index in [0.29, 0.717) is 42.3 Å². The minimum atomic E-state index is -0.320. The Hall–Kier alpha value is -3.95. The number of rotatable bonds is 5. The SMILES string of the molecule is C=N/C(Oc1c(C)cc(/C=C/C#N)cc1C)=C1\C(=NC23CC2(C#N)C3)N=C2OCCN21.CN. The van der Waals surface area contributed by atoms with Crippen molar-refractivity contribution in [1.29, 1.82) is 10.5 Å². The molecule has 3 fully saturated rings. The van der Waals surface area contributed by atoms with Crippen molar-refractivity contribution in [3.63, 3.8) is 0 Å². The fourth-order valence-electron chi connectivity index (χ4n) is 4.31. The number of aryl methyl sites for hydroxylation is 2. The number of aliphatic imine (C=N–C) groups is 3. The molecule has 1 saturated heterocycles. The summed E-state index contributed by atoms with van der Waals surface area (Å²) < 4.78 is 11.9. The van der Waals surface area contributed by atoms with Gasteiger partial charge in [-0.15, -0.1) is 0 Å². The molecule has 0 atom stereocenters. The van der Waals surface area contributed by atoms with Crippen LogP contribution in [-0.4, -0.2) is 49.2 Å². The molecule has 2 N–H and O–H groups in total. The van der Waals surface area contributed by atoms with E-state index in [-0.39, 0.29) is 11.0 Å². The first kappa shape index (κ1) is 22.3. The van der Waals surface area contributed by atoms with Gasteiger partial charge in [0, 0.05) is 6.08 Å². The third kappa shape index (κ3) is 3.57. The lowest BCUT2D eigenvalue weighted by molar-refractivity contribution is 0.353. The molecule has 2 heterocycles. The molecule has 4 aliphatic rings. The van der Waals surface area contributed by atoms with Gasteiger partial charge in [0.2, 0.25) is 5.88 Å². The van der Waals surface area contributed by atoms with E-state index < -0.39 is 0 Å². The smallest absolute Gasteiger partial charge is 0.299 e. The second kappa shape index (κ2) is 8.19. The highest BCUT2D eigenvalue weighted by Crippen LogP contribution is 2.80. The number of ether oxygens (including phenoxy) is 2. The maximum Gasteiger partial charge on any atom is 0.299 e. The van der Waals surface area contributed by atoms with Gasteiger partial charge >= 0.3 is 0 Å². The molecule has 33 heavy (non-hydrogen) atoms. The third-order valence-electron chi connectivity index (χ3n) is 6.20. The first-order valence-corrected chi connectivity index (χ1v) is 10.6. The molecule has 0 spiro atoms. The molecule has 5 rings (SSSR count). The van der Waals surface area contributed by atoms with Crippen LogP contribution in [0.5, 0.6) is 5.75 Å². The number of nitrogens with two attached hydrogens (primary N) is 1. The number of hydrogen-bond acceptors (Lipinski definition) is 8. The lowest BCUT2D eigenvalue weighted by atomic mass is 10.1. The van der Waals surface area contributed by atoms with E-state index in [1.54, 1.807) is 6.08 Å². The largest absolute Gasteiger partial charge is 0.463 e. The fraction of sp³-hybridized carbons (Fsp3) is 0.375. The summed E-state index contributed by atoms with van der Waals surface area (Å²) in [6.07, 6.45) is 4.74. The third-order valence-corrected chi connectivity index (χ3v) is 6.20. The zero-order valence-corrected chi connectivity index (χ0v) is 18.9. The molecular weight excluding hydrogens is 418 g/mol. The van der Waals surface area contributed by atoms with Crippen LogP contribution in [-0.2, 0) is 4.74 Å². The summed E-state index contributed by atoms with van der Waals surface area (Å²) in [7, 11) is 1.50. The van der Waals surface area contributed by atoms with Gasteiger partial charge in [0.25, 0.3) is 6.02 Å². The van der Waals surface area contributed by atoms with E-state index in [1.165, 1.54) is 13.1 Å². The average molecular weight is 444 g/mol. The molecule has 2 saturated carbocycles. The predicted molar refractivity (Wildman–Crippen MR) is 125 cm³/mol. The molecule has 0 unspecified atom stereocenters. The van der Waals surface area contributed by atoms with Gasteiger partial charge in [-0.2, -0.15) is 15.5 Å². The van der Waals surface area contributed by atoms with Gasteiger partial charge in [-0.3, -0.25) is 9.89 Å². The van der Waals surface area contributed by atoms with Crippen LogP contribution in [0.1, 0.15) is 29.5 Å². The van der Waals surface area contributed by atoms with Crippen molar-refractivity contribution < 1.29 is 9.47 Å². The first-order chi connectivity index (χ1) is 16.0. The molecule has 0 aromatic heterocycles. The highest BCUT2D eigenvalue weighted by Gasteiger charge is 2.85.